The van der Waals surface area contributed by atoms with Crippen LogP contribution in [-0.4, -0.2) is 38.8 Å². The van der Waals surface area contributed by atoms with Gasteiger partial charge in [0.15, 0.2) is 0 Å². The monoisotopic (exact) mass is 251 g/mol. The molecular weight excluding hydrogens is 234 g/mol. The zero-order chi connectivity index (χ0) is 13.3. The molecule has 18 heavy (non-hydrogen) atoms. The van der Waals surface area contributed by atoms with Crippen molar-refractivity contribution >= 4 is 5.97 Å². The summed E-state index contributed by atoms with van der Waals surface area (Å²) in [4.78, 5) is 13.0. The van der Waals surface area contributed by atoms with Crippen molar-refractivity contribution in [2.24, 2.45) is 0 Å². The molecule has 1 aromatic carbocycles. The normalized spacial score (nSPS) is 21.9. The maximum absolute atomic E-state index is 11.1. The maximum atomic E-state index is 11.1. The fourth-order valence-corrected chi connectivity index (χ4v) is 2.57. The van der Waals surface area contributed by atoms with E-state index in [4.69, 9.17) is 5.11 Å². The van der Waals surface area contributed by atoms with Gasteiger partial charge in [-0.15, -0.1) is 0 Å². The van der Waals surface area contributed by atoms with Gasteiger partial charge >= 0.3 is 5.97 Å². The standard InChI is InChI=1S/C13H17NO4/c1-8(9-5-10(15)7-11(16)6-9)14-4-2-3-12(14)13(17)18/h5-8,12,15-16H,2-4H2,1H3,(H,17,18). The van der Waals surface area contributed by atoms with Crippen LogP contribution < -0.4 is 0 Å². The van der Waals surface area contributed by atoms with Crippen LogP contribution in [0, 0.1) is 0 Å². The Morgan fingerprint density at radius 3 is 2.50 bits per heavy atom. The Morgan fingerprint density at radius 1 is 1.33 bits per heavy atom. The molecule has 0 radical (unpaired) electrons. The van der Waals surface area contributed by atoms with E-state index in [0.29, 0.717) is 13.0 Å². The molecule has 1 aliphatic rings. The summed E-state index contributed by atoms with van der Waals surface area (Å²) in [5.41, 5.74) is 0.723. The largest absolute Gasteiger partial charge is 0.508 e. The summed E-state index contributed by atoms with van der Waals surface area (Å²) in [5, 5.41) is 28.1. The molecule has 5 nitrogen and oxygen atoms in total. The maximum Gasteiger partial charge on any atom is 0.320 e. The van der Waals surface area contributed by atoms with Crippen molar-refractivity contribution in [3.05, 3.63) is 23.8 Å². The lowest BCUT2D eigenvalue weighted by molar-refractivity contribution is -0.142. The molecule has 3 N–H and O–H groups in total. The molecule has 1 fully saturated rings. The summed E-state index contributed by atoms with van der Waals surface area (Å²) >= 11 is 0. The number of likely N-dealkylation sites (tertiary alicyclic amines) is 1. The molecule has 0 saturated carbocycles. The van der Waals surface area contributed by atoms with Crippen LogP contribution in [0.4, 0.5) is 0 Å². The molecule has 1 saturated heterocycles. The molecule has 0 aromatic heterocycles. The lowest BCUT2D eigenvalue weighted by atomic mass is 10.1. The fraction of sp³-hybridized carbons (Fsp3) is 0.462. The second-order valence-electron chi connectivity index (χ2n) is 4.69. The van der Waals surface area contributed by atoms with Gasteiger partial charge in [-0.05, 0) is 44.0 Å². The number of hydrogen-bond acceptors (Lipinski definition) is 4. The summed E-state index contributed by atoms with van der Waals surface area (Å²) in [6, 6.07) is 3.74. The third-order valence-electron chi connectivity index (χ3n) is 3.48. The van der Waals surface area contributed by atoms with Crippen molar-refractivity contribution in [3.63, 3.8) is 0 Å². The predicted octanol–water partition coefficient (Wildman–Crippen LogP) is 1.71. The lowest BCUT2D eigenvalue weighted by Gasteiger charge is -2.28. The van der Waals surface area contributed by atoms with Gasteiger partial charge in [0.05, 0.1) is 0 Å². The van der Waals surface area contributed by atoms with Crippen molar-refractivity contribution in [2.45, 2.75) is 31.8 Å². The summed E-state index contributed by atoms with van der Waals surface area (Å²) in [6.07, 6.45) is 1.50. The van der Waals surface area contributed by atoms with E-state index in [1.54, 1.807) is 12.1 Å². The molecule has 5 heteroatoms. The van der Waals surface area contributed by atoms with Crippen LogP contribution in [0.1, 0.15) is 31.4 Å². The van der Waals surface area contributed by atoms with E-state index in [0.717, 1.165) is 12.0 Å². The van der Waals surface area contributed by atoms with Crippen LogP contribution >= 0.6 is 0 Å². The highest BCUT2D eigenvalue weighted by Gasteiger charge is 2.34. The van der Waals surface area contributed by atoms with Crippen LogP contribution in [0.3, 0.4) is 0 Å². The van der Waals surface area contributed by atoms with Crippen molar-refractivity contribution in [1.82, 2.24) is 4.90 Å². The number of aromatic hydroxyl groups is 2. The Hall–Kier alpha value is -1.75. The lowest BCUT2D eigenvalue weighted by Crippen LogP contribution is -2.37. The summed E-state index contributed by atoms with van der Waals surface area (Å²) in [6.45, 7) is 2.60. The second-order valence-corrected chi connectivity index (χ2v) is 4.69. The number of nitrogens with zero attached hydrogens (tertiary/aromatic N) is 1. The SMILES string of the molecule is CC(c1cc(O)cc(O)c1)N1CCCC1C(=O)O. The minimum Gasteiger partial charge on any atom is -0.508 e. The molecular formula is C13H17NO4. The van der Waals surface area contributed by atoms with E-state index in [-0.39, 0.29) is 17.5 Å². The van der Waals surface area contributed by atoms with E-state index in [1.165, 1.54) is 6.07 Å². The smallest absolute Gasteiger partial charge is 0.320 e. The summed E-state index contributed by atoms with van der Waals surface area (Å²) in [7, 11) is 0. The van der Waals surface area contributed by atoms with Crippen molar-refractivity contribution < 1.29 is 20.1 Å². The first kappa shape index (κ1) is 12.7. The highest BCUT2D eigenvalue weighted by Crippen LogP contribution is 2.32. The van der Waals surface area contributed by atoms with Crippen LogP contribution in [0.2, 0.25) is 0 Å². The van der Waals surface area contributed by atoms with E-state index in [1.807, 2.05) is 11.8 Å². The van der Waals surface area contributed by atoms with Crippen molar-refractivity contribution in [3.8, 4) is 11.5 Å². The molecule has 0 spiro atoms. The first-order chi connectivity index (χ1) is 8.49. The zero-order valence-corrected chi connectivity index (χ0v) is 10.2. The van der Waals surface area contributed by atoms with Gasteiger partial charge in [0, 0.05) is 12.1 Å². The molecule has 2 unspecified atom stereocenters. The molecule has 2 rings (SSSR count). The van der Waals surface area contributed by atoms with Crippen LogP contribution in [0.5, 0.6) is 11.5 Å². The minimum atomic E-state index is -0.816. The summed E-state index contributed by atoms with van der Waals surface area (Å²) in [5.74, 6) is -0.838. The van der Waals surface area contributed by atoms with Crippen molar-refractivity contribution in [2.75, 3.05) is 6.54 Å². The van der Waals surface area contributed by atoms with Gasteiger partial charge in [-0.25, -0.2) is 0 Å². The highest BCUT2D eigenvalue weighted by atomic mass is 16.4. The number of aliphatic carboxylic acids is 1. The Balaban J connectivity index is 2.24. The Morgan fingerprint density at radius 2 is 1.94 bits per heavy atom. The van der Waals surface area contributed by atoms with E-state index < -0.39 is 12.0 Å². The number of rotatable bonds is 3. The number of benzene rings is 1. The minimum absolute atomic E-state index is 0.0112. The second kappa shape index (κ2) is 4.86. The van der Waals surface area contributed by atoms with E-state index in [9.17, 15) is 15.0 Å². The quantitative estimate of drug-likeness (QED) is 0.762. The number of phenols is 2. The fourth-order valence-electron chi connectivity index (χ4n) is 2.57. The van der Waals surface area contributed by atoms with E-state index in [2.05, 4.69) is 0 Å². The zero-order valence-electron chi connectivity index (χ0n) is 10.2. The molecule has 2 atom stereocenters. The predicted molar refractivity (Wildman–Crippen MR) is 65.6 cm³/mol. The Bertz CT molecular complexity index is 440. The Labute approximate surface area is 105 Å². The highest BCUT2D eigenvalue weighted by molar-refractivity contribution is 5.73. The first-order valence-corrected chi connectivity index (χ1v) is 6.00. The molecule has 1 aliphatic heterocycles. The first-order valence-electron chi connectivity index (χ1n) is 6.00. The van der Waals surface area contributed by atoms with Crippen molar-refractivity contribution in [1.29, 1.82) is 0 Å². The van der Waals surface area contributed by atoms with E-state index >= 15 is 0 Å². The average molecular weight is 251 g/mol. The third kappa shape index (κ3) is 2.41. The van der Waals surface area contributed by atoms with Gasteiger partial charge in [0.1, 0.15) is 17.5 Å². The number of hydrogen-bond donors (Lipinski definition) is 3. The van der Waals surface area contributed by atoms with Gasteiger partial charge in [0.2, 0.25) is 0 Å². The van der Waals surface area contributed by atoms with Gasteiger partial charge in [-0.1, -0.05) is 0 Å². The van der Waals surface area contributed by atoms with Gasteiger partial charge < -0.3 is 15.3 Å². The number of carboxylic acid groups (broad SMARTS) is 1. The molecule has 0 amide bonds. The molecule has 98 valence electrons. The molecule has 1 heterocycles. The average Bonchev–Trinajstić information content (AvgIpc) is 2.75. The van der Waals surface area contributed by atoms with Crippen LogP contribution in [-0.2, 0) is 4.79 Å². The topological polar surface area (TPSA) is 81.0 Å². The van der Waals surface area contributed by atoms with Gasteiger partial charge in [-0.2, -0.15) is 0 Å². The third-order valence-corrected chi connectivity index (χ3v) is 3.48. The van der Waals surface area contributed by atoms with Crippen LogP contribution in [0.15, 0.2) is 18.2 Å². The Kier molecular flexibility index (Phi) is 3.43. The number of phenolic OH excluding ortho intramolecular Hbond substituents is 2. The number of carbonyl (C=O) groups is 1. The van der Waals surface area contributed by atoms with Gasteiger partial charge in [-0.3, -0.25) is 9.69 Å². The van der Waals surface area contributed by atoms with Gasteiger partial charge in [0.25, 0.3) is 0 Å². The number of carboxylic acids is 1. The molecule has 0 aliphatic carbocycles. The molecule has 1 aromatic rings. The molecule has 0 bridgehead atoms. The van der Waals surface area contributed by atoms with Crippen LogP contribution in [0.25, 0.3) is 0 Å². The summed E-state index contributed by atoms with van der Waals surface area (Å²) < 4.78 is 0.